The second kappa shape index (κ2) is 4.18. The van der Waals surface area contributed by atoms with Gasteiger partial charge in [-0.1, -0.05) is 0 Å². The van der Waals surface area contributed by atoms with Crippen LogP contribution in [0.1, 0.15) is 24.5 Å². The van der Waals surface area contributed by atoms with Crippen LogP contribution in [0.15, 0.2) is 22.8 Å². The Morgan fingerprint density at radius 1 is 1.25 bits per heavy atom. The van der Waals surface area contributed by atoms with Gasteiger partial charge in [-0.25, -0.2) is 4.98 Å². The van der Waals surface area contributed by atoms with Gasteiger partial charge in [0.1, 0.15) is 5.65 Å². The van der Waals surface area contributed by atoms with Crippen molar-refractivity contribution in [2.45, 2.75) is 18.8 Å². The first kappa shape index (κ1) is 10.3. The third-order valence-corrected chi connectivity index (χ3v) is 3.67. The number of pyridine rings is 1. The molecule has 0 aromatic carbocycles. The average molecular weight is 280 g/mol. The highest BCUT2D eigenvalue weighted by molar-refractivity contribution is 9.10. The molecule has 3 rings (SSSR count). The number of fused-ring (bicyclic) bond motifs is 1. The summed E-state index contributed by atoms with van der Waals surface area (Å²) in [6.07, 6.45) is 4.27. The number of nitrogens with zero attached hydrogens (tertiary/aromatic N) is 1. The molecule has 2 N–H and O–H groups in total. The molecule has 1 saturated heterocycles. The Bertz CT molecular complexity index is 500. The molecular formula is C12H14BrN3. The van der Waals surface area contributed by atoms with Crippen molar-refractivity contribution in [1.29, 1.82) is 0 Å². The molecule has 1 aliphatic rings. The van der Waals surface area contributed by atoms with Crippen LogP contribution in [0.2, 0.25) is 0 Å². The van der Waals surface area contributed by atoms with Gasteiger partial charge < -0.3 is 10.3 Å². The number of hydrogen-bond donors (Lipinski definition) is 2. The summed E-state index contributed by atoms with van der Waals surface area (Å²) in [5, 5.41) is 4.59. The standard InChI is InChI=1S/C12H14BrN3/c13-10-5-9-6-11(16-12(9)15-7-10)8-1-3-14-4-2-8/h5-8,14H,1-4H2,(H,15,16). The fourth-order valence-electron chi connectivity index (χ4n) is 2.36. The van der Waals surface area contributed by atoms with Crippen LogP contribution in [0.4, 0.5) is 0 Å². The molecule has 0 amide bonds. The van der Waals surface area contributed by atoms with Crippen LogP contribution in [0.25, 0.3) is 11.0 Å². The number of aromatic amines is 1. The predicted molar refractivity (Wildman–Crippen MR) is 68.6 cm³/mol. The molecule has 1 aliphatic heterocycles. The highest BCUT2D eigenvalue weighted by Gasteiger charge is 2.17. The Kier molecular flexibility index (Phi) is 2.69. The van der Waals surface area contributed by atoms with Crippen LogP contribution in [-0.2, 0) is 0 Å². The van der Waals surface area contributed by atoms with E-state index in [1.165, 1.54) is 23.9 Å². The number of aromatic nitrogens is 2. The Labute approximate surface area is 103 Å². The Morgan fingerprint density at radius 2 is 2.06 bits per heavy atom. The van der Waals surface area contributed by atoms with Crippen molar-refractivity contribution >= 4 is 27.0 Å². The number of nitrogens with one attached hydrogen (secondary N) is 2. The second-order valence-electron chi connectivity index (χ2n) is 4.34. The SMILES string of the molecule is Brc1cnc2[nH]c(C3CCNCC3)cc2c1. The molecule has 2 aromatic heterocycles. The van der Waals surface area contributed by atoms with E-state index in [1.54, 1.807) is 0 Å². The number of H-pyrrole nitrogens is 1. The molecule has 1 fully saturated rings. The first-order valence-corrected chi connectivity index (χ1v) is 6.47. The summed E-state index contributed by atoms with van der Waals surface area (Å²) in [7, 11) is 0. The van der Waals surface area contributed by atoms with Crippen LogP contribution in [0, 0.1) is 0 Å². The zero-order chi connectivity index (χ0) is 11.0. The molecule has 16 heavy (non-hydrogen) atoms. The quantitative estimate of drug-likeness (QED) is 0.843. The molecule has 3 heterocycles. The molecule has 0 radical (unpaired) electrons. The molecule has 84 valence electrons. The fraction of sp³-hybridized carbons (Fsp3) is 0.417. The lowest BCUT2D eigenvalue weighted by Crippen LogP contribution is -2.26. The molecular weight excluding hydrogens is 266 g/mol. The molecule has 0 atom stereocenters. The van der Waals surface area contributed by atoms with E-state index in [4.69, 9.17) is 0 Å². The summed E-state index contributed by atoms with van der Waals surface area (Å²) in [4.78, 5) is 7.81. The molecule has 3 nitrogen and oxygen atoms in total. The number of rotatable bonds is 1. The highest BCUT2D eigenvalue weighted by Crippen LogP contribution is 2.27. The van der Waals surface area contributed by atoms with E-state index in [1.807, 2.05) is 6.20 Å². The van der Waals surface area contributed by atoms with Crippen molar-refractivity contribution in [3.8, 4) is 0 Å². The first-order chi connectivity index (χ1) is 7.83. The van der Waals surface area contributed by atoms with E-state index in [0.29, 0.717) is 5.92 Å². The van der Waals surface area contributed by atoms with Gasteiger partial charge in [-0.2, -0.15) is 0 Å². The van der Waals surface area contributed by atoms with Crippen LogP contribution < -0.4 is 5.32 Å². The van der Waals surface area contributed by atoms with Crippen molar-refractivity contribution in [3.05, 3.63) is 28.5 Å². The molecule has 4 heteroatoms. The lowest BCUT2D eigenvalue weighted by molar-refractivity contribution is 0.455. The Morgan fingerprint density at radius 3 is 2.88 bits per heavy atom. The van der Waals surface area contributed by atoms with Crippen molar-refractivity contribution in [3.63, 3.8) is 0 Å². The molecule has 0 aliphatic carbocycles. The van der Waals surface area contributed by atoms with Crippen molar-refractivity contribution in [2.24, 2.45) is 0 Å². The van der Waals surface area contributed by atoms with Gasteiger partial charge in [0.2, 0.25) is 0 Å². The van der Waals surface area contributed by atoms with Gasteiger partial charge in [0.05, 0.1) is 0 Å². The largest absolute Gasteiger partial charge is 0.343 e. The maximum atomic E-state index is 4.38. The summed E-state index contributed by atoms with van der Waals surface area (Å²) in [6, 6.07) is 4.35. The van der Waals surface area contributed by atoms with Crippen LogP contribution >= 0.6 is 15.9 Å². The Balaban J connectivity index is 1.97. The van der Waals surface area contributed by atoms with Crippen LogP contribution in [0.3, 0.4) is 0 Å². The number of piperidine rings is 1. The third-order valence-electron chi connectivity index (χ3n) is 3.24. The number of halogens is 1. The van der Waals surface area contributed by atoms with Crippen LogP contribution in [0.5, 0.6) is 0 Å². The van der Waals surface area contributed by atoms with Crippen molar-refractivity contribution < 1.29 is 0 Å². The van der Waals surface area contributed by atoms with Gasteiger partial charge in [0.15, 0.2) is 0 Å². The van der Waals surface area contributed by atoms with Crippen molar-refractivity contribution in [1.82, 2.24) is 15.3 Å². The normalized spacial score (nSPS) is 18.1. The van der Waals surface area contributed by atoms with E-state index < -0.39 is 0 Å². The molecule has 2 aromatic rings. The molecule has 0 saturated carbocycles. The monoisotopic (exact) mass is 279 g/mol. The number of hydrogen-bond acceptors (Lipinski definition) is 2. The third kappa shape index (κ3) is 1.87. The summed E-state index contributed by atoms with van der Waals surface area (Å²) < 4.78 is 1.04. The van der Waals surface area contributed by atoms with Crippen molar-refractivity contribution in [2.75, 3.05) is 13.1 Å². The van der Waals surface area contributed by atoms with Gasteiger partial charge in [0, 0.05) is 27.7 Å². The van der Waals surface area contributed by atoms with Gasteiger partial charge in [-0.15, -0.1) is 0 Å². The van der Waals surface area contributed by atoms with Crippen LogP contribution in [-0.4, -0.2) is 23.1 Å². The smallest absolute Gasteiger partial charge is 0.137 e. The highest BCUT2D eigenvalue weighted by atomic mass is 79.9. The van der Waals surface area contributed by atoms with E-state index in [9.17, 15) is 0 Å². The Hall–Kier alpha value is -0.870. The minimum absolute atomic E-state index is 0.661. The molecule has 0 spiro atoms. The lowest BCUT2D eigenvalue weighted by Gasteiger charge is -2.21. The summed E-state index contributed by atoms with van der Waals surface area (Å²) in [6.45, 7) is 2.24. The zero-order valence-corrected chi connectivity index (χ0v) is 10.5. The maximum absolute atomic E-state index is 4.38. The fourth-order valence-corrected chi connectivity index (χ4v) is 2.71. The van der Waals surface area contributed by atoms with Gasteiger partial charge in [0.25, 0.3) is 0 Å². The minimum atomic E-state index is 0.661. The summed E-state index contributed by atoms with van der Waals surface area (Å²) >= 11 is 3.45. The van der Waals surface area contributed by atoms with E-state index in [0.717, 1.165) is 23.2 Å². The van der Waals surface area contributed by atoms with E-state index in [-0.39, 0.29) is 0 Å². The second-order valence-corrected chi connectivity index (χ2v) is 5.26. The lowest BCUT2D eigenvalue weighted by atomic mass is 9.95. The molecule has 0 bridgehead atoms. The van der Waals surface area contributed by atoms with Gasteiger partial charge in [-0.05, 0) is 54.0 Å². The maximum Gasteiger partial charge on any atom is 0.137 e. The first-order valence-electron chi connectivity index (χ1n) is 5.68. The van der Waals surface area contributed by atoms with E-state index in [2.05, 4.69) is 43.3 Å². The molecule has 0 unspecified atom stereocenters. The average Bonchev–Trinajstić information content (AvgIpc) is 2.73. The van der Waals surface area contributed by atoms with Gasteiger partial charge >= 0.3 is 0 Å². The zero-order valence-electron chi connectivity index (χ0n) is 8.96. The predicted octanol–water partition coefficient (Wildman–Crippen LogP) is 2.79. The summed E-state index contributed by atoms with van der Waals surface area (Å²) in [5.41, 5.74) is 2.33. The van der Waals surface area contributed by atoms with Gasteiger partial charge in [-0.3, -0.25) is 0 Å². The van der Waals surface area contributed by atoms with E-state index >= 15 is 0 Å². The topological polar surface area (TPSA) is 40.7 Å². The summed E-state index contributed by atoms with van der Waals surface area (Å²) in [5.74, 6) is 0.661. The minimum Gasteiger partial charge on any atom is -0.343 e.